The lowest BCUT2D eigenvalue weighted by Gasteiger charge is -2.20. The summed E-state index contributed by atoms with van der Waals surface area (Å²) in [6, 6.07) is -18.9. The molecule has 1 heterocycles. The predicted octanol–water partition coefficient (Wildman–Crippen LogP) is 10.9. The SMILES string of the molecule is [2H]c1cc(-c2c([2H])c([2H])c([2H])c3oc4c([2H])c([2H])c([2H])c([2H])c4c23)c2c(-c3c([2H])c([2H])c([2H])c([2H])c3[2H])c3c([2H])c([2H])c([2H])c([2H])c3c(-c3c([2H])c([2H])c([2H])c([2H])c3[2H])c2c1[2H]. The van der Waals surface area contributed by atoms with E-state index >= 15 is 0 Å². The highest BCUT2D eigenvalue weighted by atomic mass is 16.3. The van der Waals surface area contributed by atoms with Crippen LogP contribution in [0, 0.1) is 0 Å². The fourth-order valence-corrected chi connectivity index (χ4v) is 4.84. The van der Waals surface area contributed by atoms with Crippen molar-refractivity contribution in [3.05, 3.63) is 145 Å². The van der Waals surface area contributed by atoms with E-state index in [4.69, 9.17) is 30.5 Å². The van der Waals surface area contributed by atoms with Crippen LogP contribution in [-0.2, 0) is 0 Å². The van der Waals surface area contributed by atoms with Crippen molar-refractivity contribution in [1.29, 1.82) is 0 Å². The summed E-state index contributed by atoms with van der Waals surface area (Å²) in [7, 11) is 0. The molecule has 7 aromatic carbocycles. The topological polar surface area (TPSA) is 13.1 Å². The molecule has 0 saturated carbocycles. The van der Waals surface area contributed by atoms with Crippen LogP contribution in [0.2, 0.25) is 0 Å². The molecule has 1 nitrogen and oxygen atoms in total. The van der Waals surface area contributed by atoms with E-state index in [0.29, 0.717) is 0 Å². The highest BCUT2D eigenvalue weighted by Gasteiger charge is 2.21. The van der Waals surface area contributed by atoms with Crippen molar-refractivity contribution in [2.75, 3.05) is 0 Å². The van der Waals surface area contributed by atoms with E-state index in [2.05, 4.69) is 0 Å². The molecule has 1 aromatic heterocycles. The van der Waals surface area contributed by atoms with E-state index in [1.54, 1.807) is 0 Å². The van der Waals surface area contributed by atoms with Crippen molar-refractivity contribution in [3.8, 4) is 33.4 Å². The van der Waals surface area contributed by atoms with Crippen LogP contribution in [0.4, 0.5) is 0 Å². The zero-order chi connectivity index (χ0) is 45.8. The van der Waals surface area contributed by atoms with Gasteiger partial charge in [0.05, 0.1) is 31.5 Å². The van der Waals surface area contributed by atoms with E-state index < -0.39 is 216 Å². The van der Waals surface area contributed by atoms with Crippen molar-refractivity contribution < 1.29 is 35.9 Å². The Kier molecular flexibility index (Phi) is 2.00. The number of hydrogen-bond acceptors (Lipinski definition) is 1. The Morgan fingerprint density at radius 2 is 0.949 bits per heavy atom. The van der Waals surface area contributed by atoms with Crippen molar-refractivity contribution in [3.63, 3.8) is 0 Å². The first-order valence-corrected chi connectivity index (χ1v) is 11.5. The number of furan rings is 1. The van der Waals surface area contributed by atoms with E-state index in [0.717, 1.165) is 6.07 Å². The maximum atomic E-state index is 9.45. The van der Waals surface area contributed by atoms with Crippen molar-refractivity contribution in [2.45, 2.75) is 0 Å². The van der Waals surface area contributed by atoms with Gasteiger partial charge in [0, 0.05) is 10.8 Å². The van der Waals surface area contributed by atoms with Crippen molar-refractivity contribution in [1.82, 2.24) is 0 Å². The number of fused-ring (bicyclic) bond motifs is 5. The predicted molar refractivity (Wildman–Crippen MR) is 165 cm³/mol. The third kappa shape index (κ3) is 3.34. The molecule has 182 valence electrons. The zero-order valence-corrected chi connectivity index (χ0v) is 19.5. The average Bonchev–Trinajstić information content (AvgIpc) is 3.64. The lowest BCUT2D eigenvalue weighted by molar-refractivity contribution is 0.669. The van der Waals surface area contributed by atoms with Gasteiger partial charge >= 0.3 is 0 Å². The lowest BCUT2D eigenvalue weighted by Crippen LogP contribution is -1.93. The number of para-hydroxylation sites is 1. The highest BCUT2D eigenvalue weighted by Crippen LogP contribution is 2.48. The molecular weight excluding hydrogens is 472 g/mol. The fraction of sp³-hybridized carbons (Fsp3) is 0. The molecule has 0 amide bonds. The molecule has 0 radical (unpaired) electrons. The summed E-state index contributed by atoms with van der Waals surface area (Å²) in [4.78, 5) is 0. The molecular formula is C38H24O. The van der Waals surface area contributed by atoms with Gasteiger partial charge in [-0.3, -0.25) is 0 Å². The number of rotatable bonds is 3. The summed E-state index contributed by atoms with van der Waals surface area (Å²) in [5.41, 5.74) is -4.78. The van der Waals surface area contributed by atoms with E-state index in [1.807, 2.05) is 0 Å². The van der Waals surface area contributed by atoms with Gasteiger partial charge < -0.3 is 4.42 Å². The van der Waals surface area contributed by atoms with Gasteiger partial charge in [0.2, 0.25) is 0 Å². The van der Waals surface area contributed by atoms with E-state index in [9.17, 15) is 5.48 Å². The third-order valence-corrected chi connectivity index (χ3v) is 6.34. The fourth-order valence-electron chi connectivity index (χ4n) is 4.84. The smallest absolute Gasteiger partial charge is 0.136 e. The molecule has 0 saturated heterocycles. The minimum atomic E-state index is -0.934. The molecule has 0 fully saturated rings. The minimum absolute atomic E-state index is 0.400. The molecule has 0 aliphatic heterocycles. The zero-order valence-electron chi connectivity index (χ0n) is 42.5. The molecule has 0 aliphatic carbocycles. The van der Waals surface area contributed by atoms with Crippen LogP contribution in [0.15, 0.2) is 149 Å². The van der Waals surface area contributed by atoms with Gasteiger partial charge in [-0.2, -0.15) is 0 Å². The molecule has 1 heteroatoms. The van der Waals surface area contributed by atoms with Crippen LogP contribution in [0.5, 0.6) is 0 Å². The van der Waals surface area contributed by atoms with E-state index in [-0.39, 0.29) is 0 Å². The Morgan fingerprint density at radius 3 is 1.69 bits per heavy atom. The summed E-state index contributed by atoms with van der Waals surface area (Å²) in [5.74, 6) is 0. The Morgan fingerprint density at radius 1 is 0.385 bits per heavy atom. The van der Waals surface area contributed by atoms with Gasteiger partial charge in [0.1, 0.15) is 11.2 Å². The molecule has 0 N–H and O–H groups in total. The van der Waals surface area contributed by atoms with E-state index in [1.165, 1.54) is 0 Å². The van der Waals surface area contributed by atoms with Gasteiger partial charge in [-0.15, -0.1) is 0 Å². The summed E-state index contributed by atoms with van der Waals surface area (Å²) >= 11 is 0. The molecule has 8 rings (SSSR count). The molecule has 8 aromatic rings. The second kappa shape index (κ2) is 8.72. The maximum absolute atomic E-state index is 9.45. The molecule has 0 unspecified atom stereocenters. The Balaban J connectivity index is 1.86. The largest absolute Gasteiger partial charge is 0.456 e. The highest BCUT2D eigenvalue weighted by molar-refractivity contribution is 6.26. The van der Waals surface area contributed by atoms with Crippen LogP contribution in [0.1, 0.15) is 31.5 Å². The van der Waals surface area contributed by atoms with Crippen LogP contribution in [0.3, 0.4) is 0 Å². The minimum Gasteiger partial charge on any atom is -0.456 e. The normalized spacial score (nSPS) is 19.8. The van der Waals surface area contributed by atoms with Gasteiger partial charge in [0.15, 0.2) is 0 Å². The molecule has 0 spiro atoms. The Hall–Kier alpha value is -5.14. The van der Waals surface area contributed by atoms with Crippen LogP contribution >= 0.6 is 0 Å². The van der Waals surface area contributed by atoms with Crippen LogP contribution in [-0.4, -0.2) is 0 Å². The second-order valence-corrected chi connectivity index (χ2v) is 8.34. The van der Waals surface area contributed by atoms with Gasteiger partial charge in [-0.25, -0.2) is 0 Å². The lowest BCUT2D eigenvalue weighted by atomic mass is 9.82. The maximum Gasteiger partial charge on any atom is 0.136 e. The first kappa shape index (κ1) is 8.97. The van der Waals surface area contributed by atoms with Gasteiger partial charge in [-0.05, 0) is 67.0 Å². The number of hydrogen-bond donors (Lipinski definition) is 0. The Bertz CT molecular complexity index is 3390. The molecule has 0 bridgehead atoms. The molecule has 0 atom stereocenters. The van der Waals surface area contributed by atoms with Crippen LogP contribution in [0.25, 0.3) is 76.9 Å². The monoisotopic (exact) mass is 519 g/mol. The molecule has 0 aliphatic rings. The third-order valence-electron chi connectivity index (χ3n) is 6.34. The summed E-state index contributed by atoms with van der Waals surface area (Å²) in [5, 5.41) is -3.28. The summed E-state index contributed by atoms with van der Waals surface area (Å²) in [6.07, 6.45) is 0. The summed E-state index contributed by atoms with van der Waals surface area (Å²) in [6.45, 7) is 0. The van der Waals surface area contributed by atoms with Gasteiger partial charge in [0.25, 0.3) is 0 Å². The standard InChI is InChI=1S/C38H24O/c1-3-13-25(14-4-1)35-27-17-7-8-18-28(27)36(26-15-5-2-6-16-26)38-30(20-11-22-32(35)38)29-21-12-24-34-37(29)31-19-9-10-23-33(31)39-34/h1-24H/i1D,2D,3D,4D,5D,6D,7D,8D,9D,10D,11D,12D,13D,14D,15D,16D,17D,18D,19D,21D,22D,23D,24D. The second-order valence-electron chi connectivity index (χ2n) is 8.34. The van der Waals surface area contributed by atoms with Crippen molar-refractivity contribution in [2.24, 2.45) is 0 Å². The van der Waals surface area contributed by atoms with Gasteiger partial charge in [-0.1, -0.05) is 133 Å². The van der Waals surface area contributed by atoms with Crippen LogP contribution < -0.4 is 0 Å². The summed E-state index contributed by atoms with van der Waals surface area (Å²) < 4.78 is 209. The average molecular weight is 520 g/mol. The Labute approximate surface area is 258 Å². The number of benzene rings is 7. The first-order chi connectivity index (χ1) is 28.9. The van der Waals surface area contributed by atoms with Crippen molar-refractivity contribution >= 4 is 43.5 Å². The molecule has 39 heavy (non-hydrogen) atoms. The first-order valence-electron chi connectivity index (χ1n) is 23.0. The quantitative estimate of drug-likeness (QED) is 0.212.